The van der Waals surface area contributed by atoms with E-state index in [1.54, 1.807) is 42.5 Å². The monoisotopic (exact) mass is 619 g/mol. The van der Waals surface area contributed by atoms with Crippen molar-refractivity contribution >= 4 is 55.1 Å². The minimum absolute atomic E-state index is 0.0680. The Morgan fingerprint density at radius 1 is 0.947 bits per heavy atom. The van der Waals surface area contributed by atoms with E-state index in [2.05, 4.69) is 21.2 Å². The van der Waals surface area contributed by atoms with Gasteiger partial charge >= 0.3 is 0 Å². The van der Waals surface area contributed by atoms with Crippen LogP contribution in [0.5, 0.6) is 0 Å². The summed E-state index contributed by atoms with van der Waals surface area (Å²) < 4.78 is 27.3. The molecule has 0 fully saturated rings. The normalized spacial score (nSPS) is 12.2. The number of nitrogens with zero attached hydrogens (tertiary/aromatic N) is 2. The van der Waals surface area contributed by atoms with Crippen LogP contribution in [0.4, 0.5) is 5.69 Å². The smallest absolute Gasteiger partial charge is 0.244 e. The lowest BCUT2D eigenvalue weighted by Gasteiger charge is -2.34. The first-order valence-electron chi connectivity index (χ1n) is 12.1. The highest BCUT2D eigenvalue weighted by Gasteiger charge is 2.33. The van der Waals surface area contributed by atoms with Gasteiger partial charge in [-0.2, -0.15) is 0 Å². The third-order valence-electron chi connectivity index (χ3n) is 5.72. The summed E-state index contributed by atoms with van der Waals surface area (Å²) in [6, 6.07) is 22.1. The molecule has 10 heteroatoms. The molecular weight excluding hydrogens is 590 g/mol. The van der Waals surface area contributed by atoms with Gasteiger partial charge in [0.2, 0.25) is 21.8 Å². The second kappa shape index (κ2) is 13.3. The van der Waals surface area contributed by atoms with Crippen LogP contribution in [0.15, 0.2) is 83.3 Å². The third-order valence-corrected chi connectivity index (χ3v) is 7.59. The van der Waals surface area contributed by atoms with Gasteiger partial charge in [0.15, 0.2) is 0 Å². The van der Waals surface area contributed by atoms with E-state index < -0.39 is 28.5 Å². The van der Waals surface area contributed by atoms with Gasteiger partial charge in [-0.3, -0.25) is 13.9 Å². The van der Waals surface area contributed by atoms with Gasteiger partial charge in [0.05, 0.1) is 11.9 Å². The van der Waals surface area contributed by atoms with Crippen LogP contribution in [-0.4, -0.2) is 50.0 Å². The minimum atomic E-state index is -3.82. The molecule has 1 atom stereocenters. The largest absolute Gasteiger partial charge is 0.352 e. The molecule has 3 aromatic carbocycles. The summed E-state index contributed by atoms with van der Waals surface area (Å²) in [4.78, 5) is 28.9. The van der Waals surface area contributed by atoms with Crippen molar-refractivity contribution in [2.45, 2.75) is 38.9 Å². The first kappa shape index (κ1) is 29.7. The Hall–Kier alpha value is -2.88. The summed E-state index contributed by atoms with van der Waals surface area (Å²) in [5.41, 5.74) is 1.92. The molecule has 0 spiro atoms. The number of benzene rings is 3. The second-order valence-electron chi connectivity index (χ2n) is 9.27. The average Bonchev–Trinajstić information content (AvgIpc) is 2.84. The lowest BCUT2D eigenvalue weighted by Crippen LogP contribution is -2.54. The van der Waals surface area contributed by atoms with E-state index in [1.807, 2.05) is 50.2 Å². The molecule has 0 aliphatic heterocycles. The maximum absolute atomic E-state index is 14.0. The highest BCUT2D eigenvalue weighted by atomic mass is 79.9. The van der Waals surface area contributed by atoms with Crippen molar-refractivity contribution in [3.63, 3.8) is 0 Å². The van der Waals surface area contributed by atoms with E-state index in [1.165, 1.54) is 4.90 Å². The van der Waals surface area contributed by atoms with Crippen LogP contribution in [0.25, 0.3) is 0 Å². The number of carbonyl (C=O) groups is 2. The van der Waals surface area contributed by atoms with Crippen LogP contribution < -0.4 is 9.62 Å². The van der Waals surface area contributed by atoms with Crippen LogP contribution in [0.1, 0.15) is 25.0 Å². The summed E-state index contributed by atoms with van der Waals surface area (Å²) in [5.74, 6) is -0.845. The first-order chi connectivity index (χ1) is 17.9. The Balaban J connectivity index is 2.06. The number of nitrogens with one attached hydrogen (secondary N) is 1. The maximum atomic E-state index is 14.0. The zero-order valence-electron chi connectivity index (χ0n) is 21.5. The van der Waals surface area contributed by atoms with Crippen LogP contribution in [0.3, 0.4) is 0 Å². The summed E-state index contributed by atoms with van der Waals surface area (Å²) >= 11 is 9.58. The van der Waals surface area contributed by atoms with Gasteiger partial charge in [0.1, 0.15) is 12.6 Å². The van der Waals surface area contributed by atoms with Crippen molar-refractivity contribution in [1.29, 1.82) is 0 Å². The van der Waals surface area contributed by atoms with Crippen molar-refractivity contribution in [1.82, 2.24) is 10.2 Å². The van der Waals surface area contributed by atoms with Crippen LogP contribution >= 0.6 is 27.5 Å². The summed E-state index contributed by atoms with van der Waals surface area (Å²) in [7, 11) is -3.82. The molecule has 0 unspecified atom stereocenters. The number of sulfonamides is 1. The molecule has 0 radical (unpaired) electrons. The van der Waals surface area contributed by atoms with Gasteiger partial charge in [-0.25, -0.2) is 8.42 Å². The average molecular weight is 621 g/mol. The number of anilines is 1. The molecule has 2 amide bonds. The van der Waals surface area contributed by atoms with Gasteiger partial charge in [-0.15, -0.1) is 0 Å². The standard InChI is InChI=1S/C28H31BrClN3O4S/c1-20(2)31-28(35)26(16-21-9-5-4-6-10-21)32(18-22-11-7-13-24(30)15-22)27(34)19-33(38(3,36)37)25-14-8-12-23(29)17-25/h4-15,17,20,26H,16,18-19H2,1-3H3,(H,31,35)/t26-/m1/s1. The zero-order chi connectivity index (χ0) is 27.9. The van der Waals surface area contributed by atoms with E-state index >= 15 is 0 Å². The Labute approximate surface area is 238 Å². The second-order valence-corrected chi connectivity index (χ2v) is 12.5. The van der Waals surface area contributed by atoms with Gasteiger partial charge in [0.25, 0.3) is 0 Å². The number of rotatable bonds is 11. The Bertz CT molecular complexity index is 1370. The van der Waals surface area contributed by atoms with E-state index in [0.29, 0.717) is 15.2 Å². The molecule has 3 aromatic rings. The topological polar surface area (TPSA) is 86.8 Å². The highest BCUT2D eigenvalue weighted by molar-refractivity contribution is 9.10. The lowest BCUT2D eigenvalue weighted by molar-refractivity contribution is -0.140. The van der Waals surface area contributed by atoms with Crippen molar-refractivity contribution in [2.75, 3.05) is 17.1 Å². The number of carbonyl (C=O) groups excluding carboxylic acids is 2. The highest BCUT2D eigenvalue weighted by Crippen LogP contribution is 2.24. The number of hydrogen-bond acceptors (Lipinski definition) is 4. The SMILES string of the molecule is CC(C)NC(=O)[C@@H](Cc1ccccc1)N(Cc1cccc(Cl)c1)C(=O)CN(c1cccc(Br)c1)S(C)(=O)=O. The van der Waals surface area contributed by atoms with Gasteiger partial charge < -0.3 is 10.2 Å². The Morgan fingerprint density at radius 2 is 1.61 bits per heavy atom. The fourth-order valence-electron chi connectivity index (χ4n) is 4.01. The van der Waals surface area contributed by atoms with Crippen LogP contribution in [0.2, 0.25) is 5.02 Å². The van der Waals surface area contributed by atoms with E-state index in [0.717, 1.165) is 21.7 Å². The lowest BCUT2D eigenvalue weighted by atomic mass is 10.0. The molecule has 38 heavy (non-hydrogen) atoms. The van der Waals surface area contributed by atoms with Crippen molar-refractivity contribution in [2.24, 2.45) is 0 Å². The molecule has 7 nitrogen and oxygen atoms in total. The van der Waals surface area contributed by atoms with E-state index in [-0.39, 0.29) is 24.9 Å². The predicted octanol–water partition coefficient (Wildman–Crippen LogP) is 5.03. The summed E-state index contributed by atoms with van der Waals surface area (Å²) in [5, 5.41) is 3.41. The van der Waals surface area contributed by atoms with Crippen molar-refractivity contribution in [3.8, 4) is 0 Å². The van der Waals surface area contributed by atoms with E-state index in [4.69, 9.17) is 11.6 Å². The quantitative estimate of drug-likeness (QED) is 0.326. The maximum Gasteiger partial charge on any atom is 0.244 e. The molecule has 0 bridgehead atoms. The molecule has 0 heterocycles. The molecule has 0 aliphatic carbocycles. The Morgan fingerprint density at radius 3 is 2.21 bits per heavy atom. The molecule has 0 saturated heterocycles. The fraction of sp³-hybridized carbons (Fsp3) is 0.286. The number of amides is 2. The molecule has 202 valence electrons. The molecule has 0 aromatic heterocycles. The molecule has 1 N–H and O–H groups in total. The number of hydrogen-bond donors (Lipinski definition) is 1. The first-order valence-corrected chi connectivity index (χ1v) is 15.1. The van der Waals surface area contributed by atoms with Crippen molar-refractivity contribution < 1.29 is 18.0 Å². The number of halogens is 2. The van der Waals surface area contributed by atoms with Crippen LogP contribution in [0, 0.1) is 0 Å². The molecule has 0 aliphatic rings. The van der Waals surface area contributed by atoms with Crippen LogP contribution in [-0.2, 0) is 32.6 Å². The third kappa shape index (κ3) is 8.58. The summed E-state index contributed by atoms with van der Waals surface area (Å²) in [6.07, 6.45) is 1.30. The summed E-state index contributed by atoms with van der Waals surface area (Å²) in [6.45, 7) is 3.28. The van der Waals surface area contributed by atoms with Gasteiger partial charge in [-0.05, 0) is 55.3 Å². The zero-order valence-corrected chi connectivity index (χ0v) is 24.6. The Kier molecular flexibility index (Phi) is 10.4. The van der Waals surface area contributed by atoms with Gasteiger partial charge in [0, 0.05) is 28.5 Å². The van der Waals surface area contributed by atoms with Crippen molar-refractivity contribution in [3.05, 3.63) is 99.5 Å². The van der Waals surface area contributed by atoms with E-state index in [9.17, 15) is 18.0 Å². The molecule has 3 rings (SSSR count). The minimum Gasteiger partial charge on any atom is -0.352 e. The van der Waals surface area contributed by atoms with Gasteiger partial charge in [-0.1, -0.05) is 76.1 Å². The fourth-order valence-corrected chi connectivity index (χ4v) is 5.45. The predicted molar refractivity (Wildman–Crippen MR) is 156 cm³/mol. The molecular formula is C28H31BrClN3O4S. The molecule has 0 saturated carbocycles.